The molecule has 0 saturated carbocycles. The molecular formula is C14H14ClNO2. The number of nitrogens with zero attached hydrogens (tertiary/aromatic N) is 1. The highest BCUT2D eigenvalue weighted by Crippen LogP contribution is 2.27. The minimum absolute atomic E-state index is 0.285. The smallest absolute Gasteiger partial charge is 0.363 e. The zero-order valence-corrected chi connectivity index (χ0v) is 11.3. The Morgan fingerprint density at radius 2 is 1.94 bits per heavy atom. The molecule has 0 saturated heterocycles. The molecule has 1 heterocycles. The van der Waals surface area contributed by atoms with Crippen LogP contribution in [-0.4, -0.2) is 11.9 Å². The van der Waals surface area contributed by atoms with Crippen molar-refractivity contribution < 1.29 is 9.53 Å². The minimum Gasteiger partial charge on any atom is -0.406 e. The maximum atomic E-state index is 11.7. The third-order valence-electron chi connectivity index (χ3n) is 2.46. The van der Waals surface area contributed by atoms with E-state index in [1.165, 1.54) is 0 Å². The molecular weight excluding hydrogens is 250 g/mol. The highest BCUT2D eigenvalue weighted by atomic mass is 35.5. The average molecular weight is 264 g/mol. The van der Waals surface area contributed by atoms with Crippen LogP contribution in [0.25, 0.3) is 6.08 Å². The zero-order chi connectivity index (χ0) is 13.3. The lowest BCUT2D eigenvalue weighted by atomic mass is 9.97. The molecule has 0 aromatic heterocycles. The number of hydrogen-bond donors (Lipinski definition) is 0. The van der Waals surface area contributed by atoms with Crippen LogP contribution >= 0.6 is 11.6 Å². The molecule has 0 bridgehead atoms. The van der Waals surface area contributed by atoms with Crippen molar-refractivity contribution >= 4 is 29.5 Å². The molecule has 0 atom stereocenters. The lowest BCUT2D eigenvalue weighted by molar-refractivity contribution is -0.130. The van der Waals surface area contributed by atoms with Crippen molar-refractivity contribution in [2.24, 2.45) is 10.4 Å². The largest absolute Gasteiger partial charge is 0.406 e. The first-order chi connectivity index (χ1) is 8.38. The Balaban J connectivity index is 2.38. The monoisotopic (exact) mass is 263 g/mol. The van der Waals surface area contributed by atoms with E-state index in [0.29, 0.717) is 10.9 Å². The lowest BCUT2D eigenvalue weighted by Crippen LogP contribution is -2.21. The highest BCUT2D eigenvalue weighted by molar-refractivity contribution is 6.32. The summed E-state index contributed by atoms with van der Waals surface area (Å²) in [5.74, 6) is 0.00523. The fourth-order valence-electron chi connectivity index (χ4n) is 1.47. The number of benzene rings is 1. The Hall–Kier alpha value is -1.61. The van der Waals surface area contributed by atoms with Gasteiger partial charge in [-0.1, -0.05) is 50.6 Å². The quantitative estimate of drug-likeness (QED) is 0.573. The average Bonchev–Trinajstić information content (AvgIpc) is 2.63. The van der Waals surface area contributed by atoms with Gasteiger partial charge in [-0.25, -0.2) is 9.79 Å². The van der Waals surface area contributed by atoms with E-state index in [1.807, 2.05) is 39.0 Å². The molecule has 0 N–H and O–H groups in total. The van der Waals surface area contributed by atoms with Crippen LogP contribution in [0, 0.1) is 5.41 Å². The third-order valence-corrected chi connectivity index (χ3v) is 2.80. The van der Waals surface area contributed by atoms with Crippen molar-refractivity contribution in [3.05, 3.63) is 40.5 Å². The maximum absolute atomic E-state index is 11.7. The van der Waals surface area contributed by atoms with Gasteiger partial charge >= 0.3 is 5.97 Å². The van der Waals surface area contributed by atoms with Gasteiger partial charge in [-0.05, 0) is 17.7 Å². The van der Waals surface area contributed by atoms with Crippen LogP contribution in [0.4, 0.5) is 0 Å². The Bertz CT molecular complexity index is 553. The standard InChI is InChI=1S/C14H14ClNO2/c1-14(2,3)13-16-11(12(17)18-13)8-9-6-4-5-7-10(9)15/h4-8H,1-3H3/b11-8+. The van der Waals surface area contributed by atoms with E-state index in [-0.39, 0.29) is 11.1 Å². The second-order valence-corrected chi connectivity index (χ2v) is 5.51. The van der Waals surface area contributed by atoms with Gasteiger partial charge in [0, 0.05) is 10.4 Å². The second-order valence-electron chi connectivity index (χ2n) is 5.11. The minimum atomic E-state index is -0.431. The van der Waals surface area contributed by atoms with E-state index in [0.717, 1.165) is 5.56 Å². The Morgan fingerprint density at radius 1 is 1.28 bits per heavy atom. The van der Waals surface area contributed by atoms with Gasteiger partial charge in [-0.2, -0.15) is 0 Å². The van der Waals surface area contributed by atoms with Crippen LogP contribution in [0.1, 0.15) is 26.3 Å². The number of aliphatic imine (C=N–C) groups is 1. The molecule has 0 aliphatic carbocycles. The predicted molar refractivity (Wildman–Crippen MR) is 72.4 cm³/mol. The summed E-state index contributed by atoms with van der Waals surface area (Å²) < 4.78 is 5.15. The molecule has 1 aromatic rings. The summed E-state index contributed by atoms with van der Waals surface area (Å²) in [6, 6.07) is 7.28. The molecule has 4 heteroatoms. The summed E-state index contributed by atoms with van der Waals surface area (Å²) in [6.45, 7) is 5.83. The van der Waals surface area contributed by atoms with E-state index in [2.05, 4.69) is 4.99 Å². The van der Waals surface area contributed by atoms with Gasteiger partial charge < -0.3 is 4.74 Å². The fourth-order valence-corrected chi connectivity index (χ4v) is 1.66. The van der Waals surface area contributed by atoms with Gasteiger partial charge in [-0.15, -0.1) is 0 Å². The van der Waals surface area contributed by atoms with Crippen LogP contribution in [0.2, 0.25) is 5.02 Å². The summed E-state index contributed by atoms with van der Waals surface area (Å²) in [4.78, 5) is 15.9. The number of hydrogen-bond acceptors (Lipinski definition) is 3. The lowest BCUT2D eigenvalue weighted by Gasteiger charge is -2.15. The molecule has 1 aliphatic heterocycles. The van der Waals surface area contributed by atoms with Gasteiger partial charge in [0.1, 0.15) is 0 Å². The molecule has 0 fully saturated rings. The zero-order valence-electron chi connectivity index (χ0n) is 10.5. The van der Waals surface area contributed by atoms with Crippen molar-refractivity contribution in [2.45, 2.75) is 20.8 Å². The van der Waals surface area contributed by atoms with Crippen molar-refractivity contribution in [1.29, 1.82) is 0 Å². The van der Waals surface area contributed by atoms with Crippen molar-refractivity contribution in [1.82, 2.24) is 0 Å². The summed E-state index contributed by atoms with van der Waals surface area (Å²) in [5.41, 5.74) is 0.754. The first-order valence-corrected chi connectivity index (χ1v) is 6.03. The van der Waals surface area contributed by atoms with Gasteiger partial charge in [0.15, 0.2) is 5.70 Å². The SMILES string of the molecule is CC(C)(C)C1=N/C(=C/c2ccccc2Cl)C(=O)O1. The third kappa shape index (κ3) is 2.62. The predicted octanol–water partition coefficient (Wildman–Crippen LogP) is 3.68. The first kappa shape index (κ1) is 12.8. The van der Waals surface area contributed by atoms with Crippen molar-refractivity contribution in [3.63, 3.8) is 0 Å². The summed E-state index contributed by atoms with van der Waals surface area (Å²) in [7, 11) is 0. The number of esters is 1. The van der Waals surface area contributed by atoms with E-state index < -0.39 is 5.97 Å². The molecule has 1 aromatic carbocycles. The topological polar surface area (TPSA) is 38.7 Å². The summed E-state index contributed by atoms with van der Waals surface area (Å²) in [6.07, 6.45) is 1.64. The second kappa shape index (κ2) is 4.58. The molecule has 94 valence electrons. The highest BCUT2D eigenvalue weighted by Gasteiger charge is 2.31. The van der Waals surface area contributed by atoms with E-state index in [9.17, 15) is 4.79 Å². The molecule has 3 nitrogen and oxygen atoms in total. The Labute approximate surface area is 111 Å². The molecule has 18 heavy (non-hydrogen) atoms. The van der Waals surface area contributed by atoms with Crippen LogP contribution in [-0.2, 0) is 9.53 Å². The first-order valence-electron chi connectivity index (χ1n) is 5.65. The van der Waals surface area contributed by atoms with Crippen LogP contribution in [0.3, 0.4) is 0 Å². The molecule has 0 spiro atoms. The number of halogens is 1. The van der Waals surface area contributed by atoms with Crippen LogP contribution in [0.5, 0.6) is 0 Å². The van der Waals surface area contributed by atoms with Gasteiger partial charge in [-0.3, -0.25) is 0 Å². The Kier molecular flexibility index (Phi) is 3.26. The van der Waals surface area contributed by atoms with Gasteiger partial charge in [0.25, 0.3) is 0 Å². The van der Waals surface area contributed by atoms with Crippen molar-refractivity contribution in [2.75, 3.05) is 0 Å². The van der Waals surface area contributed by atoms with E-state index in [4.69, 9.17) is 16.3 Å². The number of cyclic esters (lactones) is 1. The van der Waals surface area contributed by atoms with E-state index in [1.54, 1.807) is 12.1 Å². The van der Waals surface area contributed by atoms with Crippen LogP contribution in [0.15, 0.2) is 35.0 Å². The number of rotatable bonds is 1. The fraction of sp³-hybridized carbons (Fsp3) is 0.286. The molecule has 0 amide bonds. The molecule has 2 rings (SSSR count). The number of carbonyl (C=O) groups is 1. The molecule has 1 aliphatic rings. The number of ether oxygens (including phenoxy) is 1. The molecule has 0 unspecified atom stereocenters. The Morgan fingerprint density at radius 3 is 2.50 bits per heavy atom. The summed E-state index contributed by atoms with van der Waals surface area (Å²) in [5, 5.41) is 0.581. The molecule has 0 radical (unpaired) electrons. The van der Waals surface area contributed by atoms with Gasteiger partial charge in [0.05, 0.1) is 0 Å². The van der Waals surface area contributed by atoms with Crippen molar-refractivity contribution in [3.8, 4) is 0 Å². The summed E-state index contributed by atoms with van der Waals surface area (Å²) >= 11 is 6.03. The van der Waals surface area contributed by atoms with E-state index >= 15 is 0 Å². The van der Waals surface area contributed by atoms with Crippen LogP contribution < -0.4 is 0 Å². The normalized spacial score (nSPS) is 17.9. The maximum Gasteiger partial charge on any atom is 0.363 e. The number of carbonyl (C=O) groups excluding carboxylic acids is 1. The van der Waals surface area contributed by atoms with Gasteiger partial charge in [0.2, 0.25) is 5.90 Å².